The summed E-state index contributed by atoms with van der Waals surface area (Å²) in [6.07, 6.45) is 0. The van der Waals surface area contributed by atoms with Crippen molar-refractivity contribution in [2.75, 3.05) is 27.4 Å². The third kappa shape index (κ3) is 4.35. The molecule has 9 nitrogen and oxygen atoms in total. The van der Waals surface area contributed by atoms with E-state index >= 15 is 0 Å². The number of imide groups is 1. The SMILES string of the molecule is COc1ccc(C(=O)COC(=O)CN2C(=O)N[C@](C)(c3ccccc3)C2=O)cc1OC. The molecule has 1 N–H and O–H groups in total. The summed E-state index contributed by atoms with van der Waals surface area (Å²) in [5.41, 5.74) is -0.432. The molecule has 1 aliphatic rings. The molecule has 3 rings (SSSR count). The number of nitrogens with zero attached hydrogens (tertiary/aromatic N) is 1. The minimum Gasteiger partial charge on any atom is -0.493 e. The number of esters is 1. The zero-order valence-electron chi connectivity index (χ0n) is 17.3. The molecular formula is C22H22N2O7. The highest BCUT2D eigenvalue weighted by molar-refractivity contribution is 6.09. The highest BCUT2D eigenvalue weighted by Crippen LogP contribution is 2.29. The van der Waals surface area contributed by atoms with Crippen LogP contribution in [-0.4, -0.2) is 56.0 Å². The fourth-order valence-corrected chi connectivity index (χ4v) is 3.22. The molecule has 1 heterocycles. The molecule has 3 amide bonds. The molecule has 0 bridgehead atoms. The summed E-state index contributed by atoms with van der Waals surface area (Å²) in [6.45, 7) is 0.411. The minimum atomic E-state index is -1.28. The molecule has 0 spiro atoms. The minimum absolute atomic E-state index is 0.261. The van der Waals surface area contributed by atoms with Gasteiger partial charge in [0.25, 0.3) is 5.91 Å². The van der Waals surface area contributed by atoms with Crippen LogP contribution >= 0.6 is 0 Å². The molecule has 31 heavy (non-hydrogen) atoms. The lowest BCUT2D eigenvalue weighted by Crippen LogP contribution is -2.41. The Morgan fingerprint density at radius 2 is 1.68 bits per heavy atom. The summed E-state index contributed by atoms with van der Waals surface area (Å²) in [5, 5.41) is 2.60. The Hall–Kier alpha value is -3.88. The number of hydrogen-bond donors (Lipinski definition) is 1. The van der Waals surface area contributed by atoms with E-state index in [-0.39, 0.29) is 5.56 Å². The van der Waals surface area contributed by atoms with Crippen molar-refractivity contribution in [2.24, 2.45) is 0 Å². The standard InChI is InChI=1S/C22H22N2O7/c1-22(15-7-5-4-6-8-15)20(27)24(21(28)23-22)12-19(26)31-13-16(25)14-9-10-17(29-2)18(11-14)30-3/h4-11H,12-13H2,1-3H3,(H,23,28)/t22-/m1/s1. The van der Waals surface area contributed by atoms with Crippen LogP contribution in [0.25, 0.3) is 0 Å². The number of carbonyl (C=O) groups is 4. The predicted octanol–water partition coefficient (Wildman–Crippen LogP) is 1.90. The van der Waals surface area contributed by atoms with Gasteiger partial charge in [-0.05, 0) is 30.7 Å². The van der Waals surface area contributed by atoms with Crippen LogP contribution in [0, 0.1) is 0 Å². The number of hydrogen-bond acceptors (Lipinski definition) is 7. The summed E-state index contributed by atoms with van der Waals surface area (Å²) in [5.74, 6) is -1.11. The Kier molecular flexibility index (Phi) is 6.24. The molecule has 2 aromatic carbocycles. The van der Waals surface area contributed by atoms with Crippen LogP contribution in [0.2, 0.25) is 0 Å². The highest BCUT2D eigenvalue weighted by Gasteiger charge is 2.49. The third-order valence-corrected chi connectivity index (χ3v) is 4.98. The maximum atomic E-state index is 12.8. The first-order valence-corrected chi connectivity index (χ1v) is 9.40. The second kappa shape index (κ2) is 8.86. The number of ketones is 1. The van der Waals surface area contributed by atoms with Gasteiger partial charge in [0.05, 0.1) is 14.2 Å². The van der Waals surface area contributed by atoms with Crippen LogP contribution in [-0.2, 0) is 19.9 Å². The average Bonchev–Trinajstić information content (AvgIpc) is 3.01. The number of carbonyl (C=O) groups excluding carboxylic acids is 4. The van der Waals surface area contributed by atoms with E-state index in [0.717, 1.165) is 4.90 Å². The lowest BCUT2D eigenvalue weighted by Gasteiger charge is -2.21. The topological polar surface area (TPSA) is 111 Å². The van der Waals surface area contributed by atoms with Crippen LogP contribution in [0.4, 0.5) is 4.79 Å². The molecule has 0 radical (unpaired) electrons. The Balaban J connectivity index is 1.61. The van der Waals surface area contributed by atoms with Crippen LogP contribution < -0.4 is 14.8 Å². The Morgan fingerprint density at radius 1 is 1.00 bits per heavy atom. The Labute approximate surface area is 178 Å². The molecule has 1 fully saturated rings. The molecule has 0 aromatic heterocycles. The van der Waals surface area contributed by atoms with E-state index in [1.807, 2.05) is 0 Å². The molecule has 0 aliphatic carbocycles. The molecule has 1 atom stereocenters. The van der Waals surface area contributed by atoms with Gasteiger partial charge in [0.1, 0.15) is 12.1 Å². The Bertz CT molecular complexity index is 1020. The second-order valence-electron chi connectivity index (χ2n) is 6.97. The van der Waals surface area contributed by atoms with Crippen LogP contribution in [0.3, 0.4) is 0 Å². The van der Waals surface area contributed by atoms with Crippen molar-refractivity contribution in [3.05, 3.63) is 59.7 Å². The predicted molar refractivity (Wildman–Crippen MR) is 109 cm³/mol. The molecule has 9 heteroatoms. The second-order valence-corrected chi connectivity index (χ2v) is 6.97. The number of amides is 3. The summed E-state index contributed by atoms with van der Waals surface area (Å²) in [7, 11) is 2.91. The molecule has 0 saturated carbocycles. The zero-order valence-corrected chi connectivity index (χ0v) is 17.3. The van der Waals surface area contributed by atoms with E-state index in [0.29, 0.717) is 17.1 Å². The maximum absolute atomic E-state index is 12.8. The molecule has 2 aromatic rings. The Morgan fingerprint density at radius 3 is 2.32 bits per heavy atom. The molecule has 1 aliphatic heterocycles. The number of benzene rings is 2. The third-order valence-electron chi connectivity index (χ3n) is 4.98. The van der Waals surface area contributed by atoms with Gasteiger partial charge in [-0.1, -0.05) is 30.3 Å². The molecule has 0 unspecified atom stereocenters. The van der Waals surface area contributed by atoms with Gasteiger partial charge in [-0.25, -0.2) is 4.79 Å². The number of ether oxygens (including phenoxy) is 3. The number of rotatable bonds is 8. The summed E-state index contributed by atoms with van der Waals surface area (Å²) < 4.78 is 15.2. The van der Waals surface area contributed by atoms with Crippen molar-refractivity contribution in [3.63, 3.8) is 0 Å². The van der Waals surface area contributed by atoms with Gasteiger partial charge in [-0.3, -0.25) is 19.3 Å². The van der Waals surface area contributed by atoms with Crippen molar-refractivity contribution >= 4 is 23.7 Å². The van der Waals surface area contributed by atoms with Crippen LogP contribution in [0.15, 0.2) is 48.5 Å². The van der Waals surface area contributed by atoms with Crippen molar-refractivity contribution in [3.8, 4) is 11.5 Å². The summed E-state index contributed by atoms with van der Waals surface area (Å²) in [4.78, 5) is 50.4. The fourth-order valence-electron chi connectivity index (χ4n) is 3.22. The quantitative estimate of drug-likeness (QED) is 0.390. The van der Waals surface area contributed by atoms with E-state index in [2.05, 4.69) is 5.32 Å². The van der Waals surface area contributed by atoms with E-state index in [4.69, 9.17) is 14.2 Å². The van der Waals surface area contributed by atoms with Gasteiger partial charge in [-0.15, -0.1) is 0 Å². The average molecular weight is 426 g/mol. The van der Waals surface area contributed by atoms with Crippen LogP contribution in [0.5, 0.6) is 11.5 Å². The number of methoxy groups -OCH3 is 2. The first kappa shape index (κ1) is 21.8. The van der Waals surface area contributed by atoms with E-state index in [1.54, 1.807) is 43.3 Å². The normalized spacial score (nSPS) is 17.8. The smallest absolute Gasteiger partial charge is 0.326 e. The highest BCUT2D eigenvalue weighted by atomic mass is 16.5. The lowest BCUT2D eigenvalue weighted by atomic mass is 9.92. The van der Waals surface area contributed by atoms with Crippen molar-refractivity contribution in [2.45, 2.75) is 12.5 Å². The van der Waals surface area contributed by atoms with E-state index < -0.39 is 42.4 Å². The lowest BCUT2D eigenvalue weighted by molar-refractivity contribution is -0.146. The fraction of sp³-hybridized carbons (Fsp3) is 0.273. The van der Waals surface area contributed by atoms with Crippen molar-refractivity contribution in [1.29, 1.82) is 0 Å². The van der Waals surface area contributed by atoms with E-state index in [9.17, 15) is 19.2 Å². The zero-order chi connectivity index (χ0) is 22.6. The number of nitrogens with one attached hydrogen (secondary N) is 1. The van der Waals surface area contributed by atoms with Gasteiger partial charge < -0.3 is 19.5 Å². The van der Waals surface area contributed by atoms with Crippen molar-refractivity contribution in [1.82, 2.24) is 10.2 Å². The van der Waals surface area contributed by atoms with Gasteiger partial charge in [-0.2, -0.15) is 0 Å². The van der Waals surface area contributed by atoms with Crippen molar-refractivity contribution < 1.29 is 33.4 Å². The first-order valence-electron chi connectivity index (χ1n) is 9.40. The van der Waals surface area contributed by atoms with Gasteiger partial charge in [0, 0.05) is 5.56 Å². The van der Waals surface area contributed by atoms with E-state index in [1.165, 1.54) is 26.4 Å². The largest absolute Gasteiger partial charge is 0.493 e. The summed E-state index contributed by atoms with van der Waals surface area (Å²) in [6, 6.07) is 12.5. The molecule has 162 valence electrons. The van der Waals surface area contributed by atoms with Gasteiger partial charge >= 0.3 is 12.0 Å². The molecule has 1 saturated heterocycles. The monoisotopic (exact) mass is 426 g/mol. The van der Waals surface area contributed by atoms with Crippen LogP contribution in [0.1, 0.15) is 22.8 Å². The van der Waals surface area contributed by atoms with Gasteiger partial charge in [0.15, 0.2) is 23.9 Å². The number of urea groups is 1. The summed E-state index contributed by atoms with van der Waals surface area (Å²) >= 11 is 0. The molecular weight excluding hydrogens is 404 g/mol. The van der Waals surface area contributed by atoms with Gasteiger partial charge in [0.2, 0.25) is 0 Å². The first-order chi connectivity index (χ1) is 14.8. The number of Topliss-reactive ketones (excluding diaryl/α,β-unsaturated/α-hetero) is 1. The maximum Gasteiger partial charge on any atom is 0.326 e.